The number of unbranched alkanes of at least 4 members (excludes halogenated alkanes) is 1. The first-order valence-corrected chi connectivity index (χ1v) is 6.26. The van der Waals surface area contributed by atoms with Gasteiger partial charge < -0.3 is 15.3 Å². The molecular weight excluding hydrogens is 248 g/mol. The molecule has 7 heteroatoms. The number of aromatic amines is 1. The van der Waals surface area contributed by atoms with Crippen molar-refractivity contribution in [3.63, 3.8) is 0 Å². The Bertz CT molecular complexity index is 405. The van der Waals surface area contributed by atoms with Gasteiger partial charge in [-0.2, -0.15) is 5.10 Å². The highest BCUT2D eigenvalue weighted by Crippen LogP contribution is 2.04. The van der Waals surface area contributed by atoms with Gasteiger partial charge in [0.1, 0.15) is 6.04 Å². The molecule has 1 atom stereocenters. The van der Waals surface area contributed by atoms with E-state index in [1.165, 1.54) is 4.90 Å². The second-order valence-corrected chi connectivity index (χ2v) is 4.45. The zero-order valence-corrected chi connectivity index (χ0v) is 11.2. The number of nitrogens with one attached hydrogen (secondary N) is 2. The van der Waals surface area contributed by atoms with Gasteiger partial charge in [0.25, 0.3) is 0 Å². The van der Waals surface area contributed by atoms with Crippen LogP contribution in [0.25, 0.3) is 0 Å². The van der Waals surface area contributed by atoms with E-state index < -0.39 is 18.0 Å². The van der Waals surface area contributed by atoms with E-state index in [0.29, 0.717) is 13.0 Å². The molecule has 3 N–H and O–H groups in total. The molecule has 0 saturated carbocycles. The molecule has 0 bridgehead atoms. The quantitative estimate of drug-likeness (QED) is 0.692. The SMILES string of the molecule is CCCC[C@H](NC(=O)N(C)Cc1cn[nH]c1)C(=O)O. The van der Waals surface area contributed by atoms with E-state index in [1.54, 1.807) is 19.4 Å². The van der Waals surface area contributed by atoms with Crippen LogP contribution in [-0.2, 0) is 11.3 Å². The van der Waals surface area contributed by atoms with Crippen molar-refractivity contribution in [2.24, 2.45) is 0 Å². The third-order valence-corrected chi connectivity index (χ3v) is 2.76. The number of carbonyl (C=O) groups is 2. The molecule has 0 unspecified atom stereocenters. The summed E-state index contributed by atoms with van der Waals surface area (Å²) in [5, 5.41) is 18.0. The van der Waals surface area contributed by atoms with E-state index in [1.807, 2.05) is 6.92 Å². The van der Waals surface area contributed by atoms with Crippen molar-refractivity contribution in [3.8, 4) is 0 Å². The molecule has 0 fully saturated rings. The van der Waals surface area contributed by atoms with Crippen LogP contribution in [0, 0.1) is 0 Å². The summed E-state index contributed by atoms with van der Waals surface area (Å²) in [6, 6.07) is -1.23. The van der Waals surface area contributed by atoms with Crippen LogP contribution in [0.4, 0.5) is 4.79 Å². The molecule has 0 aliphatic rings. The van der Waals surface area contributed by atoms with Crippen LogP contribution >= 0.6 is 0 Å². The molecule has 0 aliphatic carbocycles. The number of rotatable bonds is 7. The Morgan fingerprint density at radius 1 is 1.58 bits per heavy atom. The van der Waals surface area contributed by atoms with Crippen molar-refractivity contribution in [3.05, 3.63) is 18.0 Å². The number of urea groups is 1. The Hall–Kier alpha value is -2.05. The summed E-state index contributed by atoms with van der Waals surface area (Å²) in [4.78, 5) is 24.3. The van der Waals surface area contributed by atoms with Gasteiger partial charge in [-0.15, -0.1) is 0 Å². The summed E-state index contributed by atoms with van der Waals surface area (Å²) in [6.45, 7) is 2.36. The predicted molar refractivity (Wildman–Crippen MR) is 69.5 cm³/mol. The fraction of sp³-hybridized carbons (Fsp3) is 0.583. The zero-order valence-electron chi connectivity index (χ0n) is 11.2. The van der Waals surface area contributed by atoms with Gasteiger partial charge in [0, 0.05) is 18.8 Å². The summed E-state index contributed by atoms with van der Waals surface area (Å²) in [5.41, 5.74) is 0.859. The number of carboxylic acids is 1. The van der Waals surface area contributed by atoms with Gasteiger partial charge in [-0.1, -0.05) is 19.8 Å². The maximum absolute atomic E-state index is 11.9. The van der Waals surface area contributed by atoms with Gasteiger partial charge in [0.2, 0.25) is 0 Å². The molecule has 1 heterocycles. The first-order chi connectivity index (χ1) is 9.04. The highest BCUT2D eigenvalue weighted by Gasteiger charge is 2.21. The smallest absolute Gasteiger partial charge is 0.326 e. The Morgan fingerprint density at radius 2 is 2.32 bits per heavy atom. The van der Waals surface area contributed by atoms with Gasteiger partial charge in [-0.3, -0.25) is 5.10 Å². The van der Waals surface area contributed by atoms with Crippen molar-refractivity contribution >= 4 is 12.0 Å². The van der Waals surface area contributed by atoms with Crippen LogP contribution < -0.4 is 5.32 Å². The minimum atomic E-state index is -1.00. The Morgan fingerprint density at radius 3 is 2.84 bits per heavy atom. The van der Waals surface area contributed by atoms with Crippen LogP contribution in [0.2, 0.25) is 0 Å². The lowest BCUT2D eigenvalue weighted by Gasteiger charge is -2.20. The Balaban J connectivity index is 2.48. The lowest BCUT2D eigenvalue weighted by molar-refractivity contribution is -0.139. The minimum absolute atomic E-state index is 0.377. The fourth-order valence-electron chi connectivity index (χ4n) is 1.63. The first kappa shape index (κ1) is 15.0. The van der Waals surface area contributed by atoms with Crippen LogP contribution in [0.1, 0.15) is 31.7 Å². The number of nitrogens with zero attached hydrogens (tertiary/aromatic N) is 2. The lowest BCUT2D eigenvalue weighted by atomic mass is 10.1. The Kier molecular flexibility index (Phi) is 5.84. The molecule has 19 heavy (non-hydrogen) atoms. The van der Waals surface area contributed by atoms with E-state index in [-0.39, 0.29) is 0 Å². The van der Waals surface area contributed by atoms with Crippen molar-refractivity contribution in [2.45, 2.75) is 38.8 Å². The zero-order chi connectivity index (χ0) is 14.3. The summed E-state index contributed by atoms with van der Waals surface area (Å²) >= 11 is 0. The van der Waals surface area contributed by atoms with Crippen molar-refractivity contribution in [1.29, 1.82) is 0 Å². The molecule has 0 saturated heterocycles. The molecule has 0 aliphatic heterocycles. The highest BCUT2D eigenvalue weighted by molar-refractivity contribution is 5.82. The molecular formula is C12H20N4O3. The largest absolute Gasteiger partial charge is 0.480 e. The predicted octanol–water partition coefficient (Wildman–Crippen LogP) is 1.19. The first-order valence-electron chi connectivity index (χ1n) is 6.26. The fourth-order valence-corrected chi connectivity index (χ4v) is 1.63. The average Bonchev–Trinajstić information content (AvgIpc) is 2.86. The molecule has 2 amide bonds. The second-order valence-electron chi connectivity index (χ2n) is 4.45. The third-order valence-electron chi connectivity index (χ3n) is 2.76. The van der Waals surface area contributed by atoms with Gasteiger partial charge in [-0.25, -0.2) is 9.59 Å². The number of aliphatic carboxylic acids is 1. The highest BCUT2D eigenvalue weighted by atomic mass is 16.4. The number of carbonyl (C=O) groups excluding carboxylic acids is 1. The number of aromatic nitrogens is 2. The summed E-state index contributed by atoms with van der Waals surface area (Å²) in [5.74, 6) is -1.00. The van der Waals surface area contributed by atoms with Gasteiger partial charge in [-0.05, 0) is 6.42 Å². The van der Waals surface area contributed by atoms with E-state index in [2.05, 4.69) is 15.5 Å². The van der Waals surface area contributed by atoms with E-state index >= 15 is 0 Å². The number of H-pyrrole nitrogens is 1. The molecule has 1 aromatic heterocycles. The Labute approximate surface area is 112 Å². The average molecular weight is 268 g/mol. The third kappa shape index (κ3) is 4.99. The molecule has 0 radical (unpaired) electrons. The van der Waals surface area contributed by atoms with Crippen LogP contribution in [0.3, 0.4) is 0 Å². The summed E-state index contributed by atoms with van der Waals surface area (Å²) < 4.78 is 0. The number of hydrogen-bond acceptors (Lipinski definition) is 3. The van der Waals surface area contributed by atoms with Gasteiger partial charge in [0.05, 0.1) is 12.7 Å². The lowest BCUT2D eigenvalue weighted by Crippen LogP contribution is -2.46. The monoisotopic (exact) mass is 268 g/mol. The molecule has 1 aromatic rings. The van der Waals surface area contributed by atoms with Crippen LogP contribution in [0.5, 0.6) is 0 Å². The molecule has 106 valence electrons. The number of hydrogen-bond donors (Lipinski definition) is 3. The van der Waals surface area contributed by atoms with Gasteiger partial charge >= 0.3 is 12.0 Å². The maximum atomic E-state index is 11.9. The molecule has 7 nitrogen and oxygen atoms in total. The second kappa shape index (κ2) is 7.40. The standard InChI is InChI=1S/C12H20N4O3/c1-3-4-5-10(11(17)18)15-12(19)16(2)8-9-6-13-14-7-9/h6-7,10H,3-5,8H2,1-2H3,(H,13,14)(H,15,19)(H,17,18)/t10-/m0/s1. The van der Waals surface area contributed by atoms with Crippen molar-refractivity contribution in [2.75, 3.05) is 7.05 Å². The van der Waals surface area contributed by atoms with E-state index in [4.69, 9.17) is 5.11 Å². The minimum Gasteiger partial charge on any atom is -0.480 e. The van der Waals surface area contributed by atoms with Crippen LogP contribution in [0.15, 0.2) is 12.4 Å². The normalized spacial score (nSPS) is 11.9. The number of carboxylic acid groups (broad SMARTS) is 1. The van der Waals surface area contributed by atoms with Crippen LogP contribution in [-0.4, -0.2) is 45.3 Å². The molecule has 1 rings (SSSR count). The van der Waals surface area contributed by atoms with E-state index in [9.17, 15) is 9.59 Å². The molecule has 0 spiro atoms. The van der Waals surface area contributed by atoms with Gasteiger partial charge in [0.15, 0.2) is 0 Å². The summed E-state index contributed by atoms with van der Waals surface area (Å²) in [7, 11) is 1.61. The maximum Gasteiger partial charge on any atom is 0.326 e. The summed E-state index contributed by atoms with van der Waals surface area (Å²) in [6.07, 6.45) is 5.41. The molecule has 0 aromatic carbocycles. The van der Waals surface area contributed by atoms with E-state index in [0.717, 1.165) is 18.4 Å². The van der Waals surface area contributed by atoms with Crippen molar-refractivity contribution < 1.29 is 14.7 Å². The topological polar surface area (TPSA) is 98.3 Å². The van der Waals surface area contributed by atoms with Crippen molar-refractivity contribution in [1.82, 2.24) is 20.4 Å². The number of amides is 2.